The zero-order valence-corrected chi connectivity index (χ0v) is 25.9. The number of thiazole rings is 1. The smallest absolute Gasteiger partial charge is 0.305 e. The van der Waals surface area contributed by atoms with Gasteiger partial charge in [0.1, 0.15) is 11.0 Å². The zero-order valence-electron chi connectivity index (χ0n) is 21.9. The third kappa shape index (κ3) is 5.65. The van der Waals surface area contributed by atoms with E-state index in [2.05, 4.69) is 26.2 Å². The normalized spacial score (nSPS) is 19.6. The second-order valence-electron chi connectivity index (χ2n) is 9.69. The first-order chi connectivity index (χ1) is 20.5. The van der Waals surface area contributed by atoms with Crippen molar-refractivity contribution in [1.82, 2.24) is 4.98 Å². The van der Waals surface area contributed by atoms with Crippen LogP contribution in [0.2, 0.25) is 0 Å². The number of nitrogens with one attached hydrogen (secondary N) is 2. The van der Waals surface area contributed by atoms with Crippen LogP contribution in [0.3, 0.4) is 0 Å². The molecule has 0 aliphatic carbocycles. The molecule has 11 nitrogen and oxygen atoms in total. The average molecular weight is 702 g/mol. The summed E-state index contributed by atoms with van der Waals surface area (Å²) in [7, 11) is -3.88. The summed E-state index contributed by atoms with van der Waals surface area (Å²) in [6.07, 6.45) is 0. The molecule has 1 fully saturated rings. The van der Waals surface area contributed by atoms with Crippen LogP contribution in [0, 0.1) is 5.92 Å². The Morgan fingerprint density at radius 3 is 2.44 bits per heavy atom. The zero-order chi connectivity index (χ0) is 30.5. The van der Waals surface area contributed by atoms with Gasteiger partial charge in [0.25, 0.3) is 5.91 Å². The van der Waals surface area contributed by atoms with Crippen LogP contribution in [-0.2, 0) is 24.4 Å². The van der Waals surface area contributed by atoms with Crippen LogP contribution in [0.1, 0.15) is 16.4 Å². The first-order valence-electron chi connectivity index (χ1n) is 12.7. The molecule has 2 unspecified atom stereocenters. The molecule has 3 aromatic carbocycles. The van der Waals surface area contributed by atoms with Gasteiger partial charge in [0.15, 0.2) is 6.61 Å². The van der Waals surface area contributed by atoms with Gasteiger partial charge in [-0.25, -0.2) is 18.5 Å². The molecule has 1 saturated heterocycles. The number of primary sulfonamides is 1. The number of amides is 3. The molecule has 0 spiro atoms. The highest BCUT2D eigenvalue weighted by Gasteiger charge is 2.56. The number of ether oxygens (including phenoxy) is 1. The predicted octanol–water partition coefficient (Wildman–Crippen LogP) is 3.66. The first kappa shape index (κ1) is 29.3. The highest BCUT2D eigenvalue weighted by molar-refractivity contribution is 9.10. The molecule has 220 valence electrons. The molecule has 2 aliphatic heterocycles. The van der Waals surface area contributed by atoms with Gasteiger partial charge in [0, 0.05) is 26.5 Å². The number of rotatable bonds is 7. The minimum Gasteiger partial charge on any atom is -0.483 e. The number of anilines is 2. The Bertz CT molecular complexity index is 1930. The van der Waals surface area contributed by atoms with Gasteiger partial charge in [-0.05, 0) is 54.6 Å². The number of nitrogens with two attached hydrogens (primary N) is 1. The van der Waals surface area contributed by atoms with Crippen LogP contribution in [-0.4, -0.2) is 43.0 Å². The second kappa shape index (κ2) is 11.4. The predicted molar refractivity (Wildman–Crippen MR) is 165 cm³/mol. The van der Waals surface area contributed by atoms with Crippen molar-refractivity contribution >= 4 is 78.1 Å². The molecule has 4 aromatic rings. The summed E-state index contributed by atoms with van der Waals surface area (Å²) in [6.45, 7) is -0.416. The van der Waals surface area contributed by atoms with E-state index in [1.807, 2.05) is 0 Å². The molecule has 0 bridgehead atoms. The third-order valence-electron chi connectivity index (χ3n) is 6.97. The van der Waals surface area contributed by atoms with Crippen molar-refractivity contribution in [3.63, 3.8) is 0 Å². The number of aromatic nitrogens is 1. The minimum absolute atomic E-state index is 0.0950. The van der Waals surface area contributed by atoms with Crippen LogP contribution in [0.25, 0.3) is 0 Å². The molecule has 4 N–H and O–H groups in total. The van der Waals surface area contributed by atoms with Crippen molar-refractivity contribution in [3.8, 4) is 5.75 Å². The fourth-order valence-electron chi connectivity index (χ4n) is 5.15. The van der Waals surface area contributed by atoms with E-state index in [4.69, 9.17) is 9.88 Å². The van der Waals surface area contributed by atoms with Crippen molar-refractivity contribution in [3.05, 3.63) is 97.4 Å². The van der Waals surface area contributed by atoms with Gasteiger partial charge < -0.3 is 15.0 Å². The number of nitrogens with zero attached hydrogens (tertiary/aromatic N) is 1. The molecule has 3 heterocycles. The average Bonchev–Trinajstić information content (AvgIpc) is 3.46. The van der Waals surface area contributed by atoms with Crippen molar-refractivity contribution in [1.29, 1.82) is 0 Å². The maximum absolute atomic E-state index is 13.9. The van der Waals surface area contributed by atoms with Gasteiger partial charge in [-0.1, -0.05) is 57.2 Å². The van der Waals surface area contributed by atoms with Gasteiger partial charge in [-0.15, -0.1) is 0 Å². The van der Waals surface area contributed by atoms with Crippen molar-refractivity contribution in [2.75, 3.05) is 16.8 Å². The molecule has 3 atom stereocenters. The van der Waals surface area contributed by atoms with Crippen LogP contribution < -0.4 is 25.0 Å². The number of H-pyrrole nitrogens is 1. The van der Waals surface area contributed by atoms with Crippen molar-refractivity contribution in [2.45, 2.75) is 21.1 Å². The lowest BCUT2D eigenvalue weighted by molar-refractivity contribution is -0.122. The quantitative estimate of drug-likeness (QED) is 0.246. The lowest BCUT2D eigenvalue weighted by Gasteiger charge is -2.31. The number of benzene rings is 3. The van der Waals surface area contributed by atoms with E-state index < -0.39 is 45.5 Å². The van der Waals surface area contributed by atoms with Gasteiger partial charge in [-0.2, -0.15) is 0 Å². The summed E-state index contributed by atoms with van der Waals surface area (Å²) in [5, 5.41) is 7.49. The Hall–Kier alpha value is -3.76. The number of thioether (sulfide) groups is 1. The lowest BCUT2D eigenvalue weighted by atomic mass is 9.82. The summed E-state index contributed by atoms with van der Waals surface area (Å²) >= 11 is 5.62. The fraction of sp³-hybridized carbons (Fsp3) is 0.143. The number of fused-ring (bicyclic) bond motifs is 2. The number of sulfonamides is 1. The Balaban J connectivity index is 1.31. The molecule has 2 aliphatic rings. The number of para-hydroxylation sites is 1. The fourth-order valence-corrected chi connectivity index (χ4v) is 8.55. The number of halogens is 1. The van der Waals surface area contributed by atoms with Crippen molar-refractivity contribution < 1.29 is 27.5 Å². The van der Waals surface area contributed by atoms with Gasteiger partial charge in [0.2, 0.25) is 21.8 Å². The molecular weight excluding hydrogens is 680 g/mol. The number of hydrogen-bond acceptors (Lipinski definition) is 9. The van der Waals surface area contributed by atoms with Crippen LogP contribution in [0.5, 0.6) is 5.75 Å². The number of imide groups is 1. The lowest BCUT2D eigenvalue weighted by Crippen LogP contribution is -2.32. The van der Waals surface area contributed by atoms with Gasteiger partial charge in [0.05, 0.1) is 21.5 Å². The minimum atomic E-state index is -3.88. The molecule has 3 amide bonds. The maximum Gasteiger partial charge on any atom is 0.305 e. The number of carbonyl (C=O) groups is 3. The monoisotopic (exact) mass is 700 g/mol. The van der Waals surface area contributed by atoms with Crippen molar-refractivity contribution in [2.24, 2.45) is 11.1 Å². The number of carbonyl (C=O) groups excluding carboxylic acids is 3. The molecule has 6 rings (SSSR count). The molecule has 0 saturated carbocycles. The standard InChI is InChI=1S/C28H21BrN4O7S3/c29-14-6-11-19(40-13-20(34)31-15-7-9-17(10-8-15)43(30,38)39)18(12-14)21-22-24(41-25-23(21)42-28(37)32-25)27(36)33(26(22)35)16-4-2-1-3-5-16/h1-12,21-22,24H,13H2,(H,31,34)(H,32,37)(H2,30,38,39)/t21-,22?,24?/m1/s1. The molecule has 43 heavy (non-hydrogen) atoms. The van der Waals surface area contributed by atoms with Crippen LogP contribution in [0.15, 0.2) is 92.0 Å². The van der Waals surface area contributed by atoms with Gasteiger partial charge in [-0.3, -0.25) is 19.2 Å². The topological polar surface area (TPSA) is 169 Å². The molecule has 0 radical (unpaired) electrons. The van der Waals surface area contributed by atoms with E-state index in [0.29, 0.717) is 37.1 Å². The van der Waals surface area contributed by atoms with Crippen LogP contribution >= 0.6 is 39.0 Å². The Labute approximate surface area is 261 Å². The summed E-state index contributed by atoms with van der Waals surface area (Å²) < 4.78 is 29.6. The largest absolute Gasteiger partial charge is 0.483 e. The Kier molecular flexibility index (Phi) is 7.76. The van der Waals surface area contributed by atoms with E-state index in [9.17, 15) is 27.6 Å². The Morgan fingerprint density at radius 2 is 1.74 bits per heavy atom. The highest BCUT2D eigenvalue weighted by Crippen LogP contribution is 2.54. The third-order valence-corrected chi connectivity index (χ3v) is 10.8. The highest BCUT2D eigenvalue weighted by atomic mass is 79.9. The molecular formula is C28H21BrN4O7S3. The summed E-state index contributed by atoms with van der Waals surface area (Å²) in [5.41, 5.74) is 1.33. The Morgan fingerprint density at radius 1 is 1.02 bits per heavy atom. The number of aromatic amines is 1. The molecule has 1 aromatic heterocycles. The van der Waals surface area contributed by atoms with Crippen LogP contribution in [0.4, 0.5) is 11.4 Å². The maximum atomic E-state index is 13.9. The second-order valence-corrected chi connectivity index (χ2v) is 14.3. The van der Waals surface area contributed by atoms with E-state index >= 15 is 0 Å². The van der Waals surface area contributed by atoms with E-state index in [-0.39, 0.29) is 15.7 Å². The SMILES string of the molecule is NS(=O)(=O)c1ccc(NC(=O)COc2ccc(Br)cc2[C@H]2c3sc(=O)[nH]c3SC3C(=O)N(c4ccccc4)C(=O)C32)cc1. The summed E-state index contributed by atoms with van der Waals surface area (Å²) in [4.78, 5) is 57.0. The van der Waals surface area contributed by atoms with E-state index in [1.54, 1.807) is 48.5 Å². The first-order valence-corrected chi connectivity index (χ1v) is 16.7. The van der Waals surface area contributed by atoms with E-state index in [0.717, 1.165) is 11.3 Å². The molecule has 15 heteroatoms. The van der Waals surface area contributed by atoms with Gasteiger partial charge >= 0.3 is 4.87 Å². The summed E-state index contributed by atoms with van der Waals surface area (Å²) in [5.74, 6) is -2.54. The van der Waals surface area contributed by atoms with E-state index in [1.165, 1.54) is 40.9 Å². The number of hydrogen-bond donors (Lipinski definition) is 3. The summed E-state index contributed by atoms with van der Waals surface area (Å²) in [6, 6.07) is 19.1.